The molecule has 0 unspecified atom stereocenters. The molecule has 1 fully saturated rings. The Kier molecular flexibility index (Phi) is 5.87. The average Bonchev–Trinajstić information content (AvgIpc) is 2.72. The van der Waals surface area contributed by atoms with E-state index in [9.17, 15) is 14.9 Å². The van der Waals surface area contributed by atoms with Crippen LogP contribution in [0.25, 0.3) is 0 Å². The van der Waals surface area contributed by atoms with Crippen LogP contribution in [0.3, 0.4) is 0 Å². The van der Waals surface area contributed by atoms with Crippen molar-refractivity contribution in [2.24, 2.45) is 0 Å². The summed E-state index contributed by atoms with van der Waals surface area (Å²) in [6, 6.07) is 11.4. The lowest BCUT2D eigenvalue weighted by molar-refractivity contribution is -0.384. The number of nitro benzene ring substituents is 1. The van der Waals surface area contributed by atoms with Crippen molar-refractivity contribution in [1.82, 2.24) is 0 Å². The Bertz CT molecular complexity index is 833. The van der Waals surface area contributed by atoms with Gasteiger partial charge in [-0.3, -0.25) is 10.1 Å². The topological polar surface area (TPSA) is 91.1 Å². The molecule has 8 heteroatoms. The van der Waals surface area contributed by atoms with E-state index in [0.717, 1.165) is 0 Å². The summed E-state index contributed by atoms with van der Waals surface area (Å²) in [4.78, 5) is 25.3. The second-order valence-corrected chi connectivity index (χ2v) is 5.95. The number of morpholine rings is 1. The zero-order valence-corrected chi connectivity index (χ0v) is 14.9. The van der Waals surface area contributed by atoms with Gasteiger partial charge < -0.3 is 19.1 Å². The van der Waals surface area contributed by atoms with Crippen molar-refractivity contribution >= 4 is 17.3 Å². The van der Waals surface area contributed by atoms with E-state index in [1.807, 2.05) is 17.0 Å². The number of esters is 1. The lowest BCUT2D eigenvalue weighted by atomic mass is 10.1. The van der Waals surface area contributed by atoms with Crippen molar-refractivity contribution in [2.75, 3.05) is 38.3 Å². The lowest BCUT2D eigenvalue weighted by Gasteiger charge is -2.30. The first kappa shape index (κ1) is 18.7. The molecule has 1 aliphatic rings. The van der Waals surface area contributed by atoms with Gasteiger partial charge in [0.25, 0.3) is 5.69 Å². The molecule has 3 rings (SSSR count). The minimum atomic E-state index is -0.619. The Hall–Kier alpha value is -3.13. The van der Waals surface area contributed by atoms with Crippen LogP contribution in [0.2, 0.25) is 0 Å². The van der Waals surface area contributed by atoms with E-state index in [1.54, 1.807) is 18.2 Å². The SMILES string of the molecule is COc1ccccc1COC(=O)c1cc([N+](=O)[O-])ccc1N1CCOCC1. The molecule has 0 atom stereocenters. The standard InChI is InChI=1S/C19H20N2O6/c1-25-18-5-3-2-4-14(18)13-27-19(22)16-12-15(21(23)24)6-7-17(16)20-8-10-26-11-9-20/h2-7,12H,8-11,13H2,1H3. The number of hydrogen-bond donors (Lipinski definition) is 0. The minimum absolute atomic E-state index is 0.00803. The zero-order valence-electron chi connectivity index (χ0n) is 14.9. The molecule has 2 aromatic carbocycles. The molecule has 0 aromatic heterocycles. The van der Waals surface area contributed by atoms with Crippen LogP contribution in [-0.2, 0) is 16.1 Å². The summed E-state index contributed by atoms with van der Waals surface area (Å²) < 4.78 is 16.0. The fraction of sp³-hybridized carbons (Fsp3) is 0.316. The van der Waals surface area contributed by atoms with Gasteiger partial charge in [-0.2, -0.15) is 0 Å². The van der Waals surface area contributed by atoms with Crippen LogP contribution in [0.1, 0.15) is 15.9 Å². The minimum Gasteiger partial charge on any atom is -0.496 e. The molecule has 2 aromatic rings. The van der Waals surface area contributed by atoms with Gasteiger partial charge in [0, 0.05) is 30.8 Å². The van der Waals surface area contributed by atoms with E-state index in [-0.39, 0.29) is 17.9 Å². The average molecular weight is 372 g/mol. The molecule has 1 heterocycles. The number of hydrogen-bond acceptors (Lipinski definition) is 7. The molecule has 0 bridgehead atoms. The highest BCUT2D eigenvalue weighted by Gasteiger charge is 2.23. The summed E-state index contributed by atoms with van der Waals surface area (Å²) in [5.41, 5.74) is 1.33. The number of methoxy groups -OCH3 is 1. The number of carbonyl (C=O) groups is 1. The normalized spacial score (nSPS) is 13.9. The summed E-state index contributed by atoms with van der Waals surface area (Å²) in [5, 5.41) is 11.1. The molecule has 0 aliphatic carbocycles. The molecular formula is C19H20N2O6. The molecular weight excluding hydrogens is 352 g/mol. The first-order valence-corrected chi connectivity index (χ1v) is 8.50. The first-order valence-electron chi connectivity index (χ1n) is 8.50. The molecule has 0 N–H and O–H groups in total. The van der Waals surface area contributed by atoms with Crippen LogP contribution < -0.4 is 9.64 Å². The Morgan fingerprint density at radius 1 is 1.22 bits per heavy atom. The number of non-ortho nitro benzene ring substituents is 1. The number of ether oxygens (including phenoxy) is 3. The molecule has 0 radical (unpaired) electrons. The van der Waals surface area contributed by atoms with Crippen LogP contribution in [0.4, 0.5) is 11.4 Å². The molecule has 0 amide bonds. The fourth-order valence-corrected chi connectivity index (χ4v) is 2.92. The molecule has 0 spiro atoms. The summed E-state index contributed by atoms with van der Waals surface area (Å²) in [7, 11) is 1.54. The predicted octanol–water partition coefficient (Wildman–Crippen LogP) is 2.80. The number of nitro groups is 1. The van der Waals surface area contributed by atoms with Crippen LogP contribution in [-0.4, -0.2) is 44.3 Å². The molecule has 1 saturated heterocycles. The third kappa shape index (κ3) is 4.35. The highest BCUT2D eigenvalue weighted by atomic mass is 16.6. The largest absolute Gasteiger partial charge is 0.496 e. The van der Waals surface area contributed by atoms with Crippen LogP contribution in [0.15, 0.2) is 42.5 Å². The van der Waals surface area contributed by atoms with E-state index < -0.39 is 10.9 Å². The van der Waals surface area contributed by atoms with Gasteiger partial charge in [-0.1, -0.05) is 18.2 Å². The Morgan fingerprint density at radius 2 is 1.96 bits per heavy atom. The van der Waals surface area contributed by atoms with Gasteiger partial charge in [0.2, 0.25) is 0 Å². The summed E-state index contributed by atoms with van der Waals surface area (Å²) in [5.74, 6) is -0.0103. The van der Waals surface area contributed by atoms with E-state index in [2.05, 4.69) is 0 Å². The molecule has 27 heavy (non-hydrogen) atoms. The molecule has 8 nitrogen and oxygen atoms in total. The number of anilines is 1. The van der Waals surface area contributed by atoms with Crippen molar-refractivity contribution in [3.8, 4) is 5.75 Å². The van der Waals surface area contributed by atoms with Crippen molar-refractivity contribution in [2.45, 2.75) is 6.61 Å². The highest BCUT2D eigenvalue weighted by molar-refractivity contribution is 5.96. The fourth-order valence-electron chi connectivity index (χ4n) is 2.92. The van der Waals surface area contributed by atoms with Crippen LogP contribution >= 0.6 is 0 Å². The van der Waals surface area contributed by atoms with Crippen molar-refractivity contribution < 1.29 is 23.9 Å². The number of para-hydroxylation sites is 1. The van der Waals surface area contributed by atoms with E-state index in [0.29, 0.717) is 43.3 Å². The van der Waals surface area contributed by atoms with Gasteiger partial charge in [-0.05, 0) is 12.1 Å². The third-order valence-corrected chi connectivity index (χ3v) is 4.31. The van der Waals surface area contributed by atoms with Crippen molar-refractivity contribution in [1.29, 1.82) is 0 Å². The smallest absolute Gasteiger partial charge is 0.340 e. The quantitative estimate of drug-likeness (QED) is 0.437. The number of benzene rings is 2. The Balaban J connectivity index is 1.84. The Labute approximate surface area is 156 Å². The zero-order chi connectivity index (χ0) is 19.2. The van der Waals surface area contributed by atoms with Gasteiger partial charge in [0.1, 0.15) is 12.4 Å². The van der Waals surface area contributed by atoms with Crippen molar-refractivity contribution in [3.63, 3.8) is 0 Å². The number of nitrogens with zero attached hydrogens (tertiary/aromatic N) is 2. The third-order valence-electron chi connectivity index (χ3n) is 4.31. The molecule has 142 valence electrons. The van der Waals surface area contributed by atoms with E-state index in [1.165, 1.54) is 19.2 Å². The summed E-state index contributed by atoms with van der Waals surface area (Å²) >= 11 is 0. The maximum atomic E-state index is 12.7. The van der Waals surface area contributed by atoms with Crippen LogP contribution in [0, 0.1) is 10.1 Å². The maximum Gasteiger partial charge on any atom is 0.340 e. The van der Waals surface area contributed by atoms with Gasteiger partial charge in [-0.25, -0.2) is 4.79 Å². The number of carbonyl (C=O) groups excluding carboxylic acids is 1. The van der Waals surface area contributed by atoms with Gasteiger partial charge in [0.15, 0.2) is 0 Å². The van der Waals surface area contributed by atoms with Gasteiger partial charge >= 0.3 is 5.97 Å². The lowest BCUT2D eigenvalue weighted by Crippen LogP contribution is -2.37. The van der Waals surface area contributed by atoms with E-state index >= 15 is 0 Å². The maximum absolute atomic E-state index is 12.7. The number of rotatable bonds is 6. The van der Waals surface area contributed by atoms with Gasteiger partial charge in [-0.15, -0.1) is 0 Å². The Morgan fingerprint density at radius 3 is 2.67 bits per heavy atom. The van der Waals surface area contributed by atoms with Crippen molar-refractivity contribution in [3.05, 3.63) is 63.7 Å². The first-order chi connectivity index (χ1) is 13.1. The molecule has 1 aliphatic heterocycles. The van der Waals surface area contributed by atoms with Crippen LogP contribution in [0.5, 0.6) is 5.75 Å². The second kappa shape index (κ2) is 8.50. The second-order valence-electron chi connectivity index (χ2n) is 5.95. The van der Waals surface area contributed by atoms with E-state index in [4.69, 9.17) is 14.2 Å². The summed E-state index contributed by atoms with van der Waals surface area (Å²) in [6.45, 7) is 2.28. The van der Waals surface area contributed by atoms with Gasteiger partial charge in [0.05, 0.1) is 36.5 Å². The molecule has 0 saturated carbocycles. The highest BCUT2D eigenvalue weighted by Crippen LogP contribution is 2.28. The summed E-state index contributed by atoms with van der Waals surface area (Å²) in [6.07, 6.45) is 0. The predicted molar refractivity (Wildman–Crippen MR) is 98.2 cm³/mol. The monoisotopic (exact) mass is 372 g/mol.